The summed E-state index contributed by atoms with van der Waals surface area (Å²) >= 11 is 12.1. The van der Waals surface area contributed by atoms with E-state index in [2.05, 4.69) is 0 Å². The van der Waals surface area contributed by atoms with Gasteiger partial charge in [-0.1, -0.05) is 29.3 Å². The second-order valence-electron chi connectivity index (χ2n) is 4.24. The predicted molar refractivity (Wildman–Crippen MR) is 73.6 cm³/mol. The van der Waals surface area contributed by atoms with Crippen molar-refractivity contribution in [1.82, 2.24) is 0 Å². The molecule has 19 heavy (non-hydrogen) atoms. The molecule has 0 radical (unpaired) electrons. The molecule has 100 valence electrons. The summed E-state index contributed by atoms with van der Waals surface area (Å²) < 4.78 is 27.1. The number of aryl methyl sites for hydroxylation is 1. The zero-order valence-electron chi connectivity index (χ0n) is 10.1. The first-order valence-electron chi connectivity index (χ1n) is 5.57. The molecule has 0 aliphatic heterocycles. The lowest BCUT2D eigenvalue weighted by Gasteiger charge is -2.17. The number of halogens is 4. The fourth-order valence-electron chi connectivity index (χ4n) is 1.88. The fourth-order valence-corrected chi connectivity index (χ4v) is 2.51. The molecule has 0 saturated heterocycles. The van der Waals surface area contributed by atoms with Gasteiger partial charge in [0, 0.05) is 27.2 Å². The van der Waals surface area contributed by atoms with E-state index < -0.39 is 17.7 Å². The van der Waals surface area contributed by atoms with Crippen molar-refractivity contribution in [3.8, 4) is 0 Å². The predicted octanol–water partition coefficient (Wildman–Crippen LogP) is 4.63. The van der Waals surface area contributed by atoms with Crippen molar-refractivity contribution in [2.75, 3.05) is 0 Å². The highest BCUT2D eigenvalue weighted by Crippen LogP contribution is 2.34. The second kappa shape index (κ2) is 5.45. The number of rotatable bonds is 2. The monoisotopic (exact) mass is 301 g/mol. The molecule has 0 aliphatic rings. The summed E-state index contributed by atoms with van der Waals surface area (Å²) in [6, 6.07) is 6.26. The number of nitrogens with two attached hydrogens (primary N) is 1. The van der Waals surface area contributed by atoms with Crippen LogP contribution in [0.5, 0.6) is 0 Å². The Morgan fingerprint density at radius 3 is 2.21 bits per heavy atom. The van der Waals surface area contributed by atoms with Gasteiger partial charge in [0.1, 0.15) is 11.6 Å². The van der Waals surface area contributed by atoms with Crippen LogP contribution in [-0.2, 0) is 0 Å². The quantitative estimate of drug-likeness (QED) is 0.860. The van der Waals surface area contributed by atoms with Gasteiger partial charge in [0.2, 0.25) is 0 Å². The van der Waals surface area contributed by atoms with E-state index in [1.165, 1.54) is 6.07 Å². The molecule has 1 nitrogen and oxygen atoms in total. The van der Waals surface area contributed by atoms with Gasteiger partial charge in [0.15, 0.2) is 0 Å². The van der Waals surface area contributed by atoms with Crippen molar-refractivity contribution >= 4 is 23.2 Å². The van der Waals surface area contributed by atoms with Gasteiger partial charge in [-0.25, -0.2) is 8.78 Å². The molecular weight excluding hydrogens is 291 g/mol. The molecule has 5 heteroatoms. The average Bonchev–Trinajstić information content (AvgIpc) is 2.33. The Hall–Kier alpha value is -1.16. The largest absolute Gasteiger partial charge is 0.320 e. The maximum atomic E-state index is 13.8. The molecule has 2 rings (SSSR count). The summed E-state index contributed by atoms with van der Waals surface area (Å²) in [6.45, 7) is 1.54. The zero-order valence-corrected chi connectivity index (χ0v) is 11.6. The van der Waals surface area contributed by atoms with Crippen LogP contribution in [0.1, 0.15) is 22.7 Å². The molecular formula is C14H11Cl2F2N. The van der Waals surface area contributed by atoms with Crippen LogP contribution in [0, 0.1) is 18.6 Å². The van der Waals surface area contributed by atoms with Crippen molar-refractivity contribution in [1.29, 1.82) is 0 Å². The van der Waals surface area contributed by atoms with Crippen molar-refractivity contribution in [2.45, 2.75) is 13.0 Å². The van der Waals surface area contributed by atoms with E-state index in [1.807, 2.05) is 0 Å². The van der Waals surface area contributed by atoms with E-state index in [4.69, 9.17) is 28.9 Å². The standard InChI is InChI=1S/C14H11Cl2F2N/c1-7-5-8(12(18)6-11(7)17)14(19)13-9(15)3-2-4-10(13)16/h2-6,14H,19H2,1H3. The van der Waals surface area contributed by atoms with Gasteiger partial charge in [0.05, 0.1) is 6.04 Å². The number of hydrogen-bond acceptors (Lipinski definition) is 1. The molecule has 0 bridgehead atoms. The molecule has 0 spiro atoms. The molecule has 0 aliphatic carbocycles. The molecule has 0 amide bonds. The minimum Gasteiger partial charge on any atom is -0.320 e. The Kier molecular flexibility index (Phi) is 4.09. The van der Waals surface area contributed by atoms with Crippen LogP contribution >= 0.6 is 23.2 Å². The second-order valence-corrected chi connectivity index (χ2v) is 5.05. The molecule has 2 N–H and O–H groups in total. The van der Waals surface area contributed by atoms with Crippen LogP contribution in [0.25, 0.3) is 0 Å². The highest BCUT2D eigenvalue weighted by molar-refractivity contribution is 6.36. The maximum absolute atomic E-state index is 13.8. The van der Waals surface area contributed by atoms with Gasteiger partial charge in [-0.05, 0) is 30.7 Å². The third kappa shape index (κ3) is 2.73. The lowest BCUT2D eigenvalue weighted by molar-refractivity contribution is 0.561. The average molecular weight is 302 g/mol. The summed E-state index contributed by atoms with van der Waals surface area (Å²) in [6.07, 6.45) is 0. The van der Waals surface area contributed by atoms with E-state index in [0.29, 0.717) is 21.2 Å². The first-order valence-corrected chi connectivity index (χ1v) is 6.32. The van der Waals surface area contributed by atoms with E-state index in [1.54, 1.807) is 25.1 Å². The van der Waals surface area contributed by atoms with Crippen molar-refractivity contribution in [2.24, 2.45) is 5.73 Å². The summed E-state index contributed by atoms with van der Waals surface area (Å²) in [4.78, 5) is 0. The van der Waals surface area contributed by atoms with E-state index >= 15 is 0 Å². The lowest BCUT2D eigenvalue weighted by Crippen LogP contribution is -2.15. The Bertz CT molecular complexity index is 609. The molecule has 1 unspecified atom stereocenters. The van der Waals surface area contributed by atoms with Gasteiger partial charge in [-0.3, -0.25) is 0 Å². The topological polar surface area (TPSA) is 26.0 Å². The van der Waals surface area contributed by atoms with Gasteiger partial charge < -0.3 is 5.73 Å². The van der Waals surface area contributed by atoms with Crippen LogP contribution in [0.4, 0.5) is 8.78 Å². The van der Waals surface area contributed by atoms with Crippen molar-refractivity contribution in [3.05, 3.63) is 68.7 Å². The Labute approximate surface area is 119 Å². The minimum absolute atomic E-state index is 0.161. The Morgan fingerprint density at radius 1 is 1.05 bits per heavy atom. The lowest BCUT2D eigenvalue weighted by atomic mass is 9.97. The third-order valence-electron chi connectivity index (χ3n) is 2.92. The Balaban J connectivity index is 2.56. The number of hydrogen-bond donors (Lipinski definition) is 1. The van der Waals surface area contributed by atoms with Crippen LogP contribution in [-0.4, -0.2) is 0 Å². The van der Waals surface area contributed by atoms with Crippen molar-refractivity contribution < 1.29 is 8.78 Å². The molecule has 0 saturated carbocycles. The first kappa shape index (κ1) is 14.3. The highest BCUT2D eigenvalue weighted by atomic mass is 35.5. The molecule has 2 aromatic rings. The normalized spacial score (nSPS) is 12.5. The summed E-state index contributed by atoms with van der Waals surface area (Å²) in [5, 5.41) is 0.697. The van der Waals surface area contributed by atoms with E-state index in [9.17, 15) is 8.78 Å². The van der Waals surface area contributed by atoms with Gasteiger partial charge in [-0.15, -0.1) is 0 Å². The molecule has 0 fully saturated rings. The van der Waals surface area contributed by atoms with Gasteiger partial charge >= 0.3 is 0 Å². The van der Waals surface area contributed by atoms with Gasteiger partial charge in [0.25, 0.3) is 0 Å². The zero-order chi connectivity index (χ0) is 14.2. The number of benzene rings is 2. The van der Waals surface area contributed by atoms with Crippen LogP contribution in [0.3, 0.4) is 0 Å². The molecule has 1 atom stereocenters. The van der Waals surface area contributed by atoms with Crippen LogP contribution in [0.2, 0.25) is 10.0 Å². The fraction of sp³-hybridized carbons (Fsp3) is 0.143. The van der Waals surface area contributed by atoms with E-state index in [-0.39, 0.29) is 5.56 Å². The highest BCUT2D eigenvalue weighted by Gasteiger charge is 2.20. The first-order chi connectivity index (χ1) is 8.91. The SMILES string of the molecule is Cc1cc(C(N)c2c(Cl)cccc2Cl)c(F)cc1F. The molecule has 2 aromatic carbocycles. The Morgan fingerprint density at radius 2 is 1.63 bits per heavy atom. The third-order valence-corrected chi connectivity index (χ3v) is 3.58. The van der Waals surface area contributed by atoms with Gasteiger partial charge in [-0.2, -0.15) is 0 Å². The maximum Gasteiger partial charge on any atom is 0.131 e. The summed E-state index contributed by atoms with van der Waals surface area (Å²) in [5.41, 5.74) is 6.91. The summed E-state index contributed by atoms with van der Waals surface area (Å²) in [5.74, 6) is -1.33. The van der Waals surface area contributed by atoms with Crippen LogP contribution in [0.15, 0.2) is 30.3 Å². The minimum atomic E-state index is -0.847. The summed E-state index contributed by atoms with van der Waals surface area (Å²) in [7, 11) is 0. The van der Waals surface area contributed by atoms with Crippen LogP contribution < -0.4 is 5.73 Å². The molecule has 0 aromatic heterocycles. The smallest absolute Gasteiger partial charge is 0.131 e. The van der Waals surface area contributed by atoms with Crippen molar-refractivity contribution in [3.63, 3.8) is 0 Å². The van der Waals surface area contributed by atoms with E-state index in [0.717, 1.165) is 6.07 Å². The molecule has 0 heterocycles.